The molecule has 0 bridgehead atoms. The third-order valence-electron chi connectivity index (χ3n) is 5.53. The van der Waals surface area contributed by atoms with Crippen molar-refractivity contribution in [3.05, 3.63) is 46.5 Å². The molecule has 1 unspecified atom stereocenters. The van der Waals surface area contributed by atoms with Crippen LogP contribution in [0.3, 0.4) is 0 Å². The van der Waals surface area contributed by atoms with E-state index in [0.717, 1.165) is 34.8 Å². The largest absolute Gasteiger partial charge is 0.391 e. The number of nitro benzene ring substituents is 1. The zero-order chi connectivity index (χ0) is 19.0. The Balaban J connectivity index is 1.78. The van der Waals surface area contributed by atoms with Crippen molar-refractivity contribution in [2.24, 2.45) is 4.99 Å². The maximum atomic E-state index is 11.3. The van der Waals surface area contributed by atoms with Crippen molar-refractivity contribution >= 4 is 39.1 Å². The lowest BCUT2D eigenvalue weighted by molar-refractivity contribution is -0.383. The predicted octanol–water partition coefficient (Wildman–Crippen LogP) is 4.48. The van der Waals surface area contributed by atoms with Gasteiger partial charge in [0, 0.05) is 23.2 Å². The van der Waals surface area contributed by atoms with Crippen LogP contribution < -0.4 is 0 Å². The Morgan fingerprint density at radius 3 is 2.59 bits per heavy atom. The fraction of sp³-hybridized carbons (Fsp3) is 0.450. The second kappa shape index (κ2) is 7.48. The third kappa shape index (κ3) is 3.41. The Kier molecular flexibility index (Phi) is 5.06. The first-order chi connectivity index (χ1) is 13.1. The summed E-state index contributed by atoms with van der Waals surface area (Å²) in [4.78, 5) is 18.2. The molecule has 2 aromatic carbocycles. The van der Waals surface area contributed by atoms with Gasteiger partial charge in [0.15, 0.2) is 5.17 Å². The average Bonchev–Trinajstić information content (AvgIpc) is 3.31. The Morgan fingerprint density at radius 1 is 1.22 bits per heavy atom. The molecule has 7 heteroatoms. The summed E-state index contributed by atoms with van der Waals surface area (Å²) in [6.45, 7) is 1.84. The van der Waals surface area contributed by atoms with Gasteiger partial charge in [0.2, 0.25) is 0 Å². The molecule has 1 heterocycles. The molecule has 1 aliphatic heterocycles. The van der Waals surface area contributed by atoms with Crippen molar-refractivity contribution in [3.63, 3.8) is 0 Å². The number of rotatable bonds is 4. The molecule has 1 saturated heterocycles. The Bertz CT molecular complexity index is 893. The topological polar surface area (TPSA) is 79.0 Å². The fourth-order valence-corrected chi connectivity index (χ4v) is 5.51. The number of hydrogen-bond donors (Lipinski definition) is 1. The minimum absolute atomic E-state index is 0.0705. The molecule has 1 N–H and O–H groups in total. The van der Waals surface area contributed by atoms with Crippen LogP contribution in [0.15, 0.2) is 41.4 Å². The Labute approximate surface area is 162 Å². The van der Waals surface area contributed by atoms with Crippen molar-refractivity contribution < 1.29 is 10.0 Å². The molecule has 2 aromatic rings. The molecule has 0 aromatic heterocycles. The maximum Gasteiger partial charge on any atom is 0.277 e. The van der Waals surface area contributed by atoms with Crippen LogP contribution in [0.25, 0.3) is 10.8 Å². The normalized spacial score (nSPS) is 23.4. The van der Waals surface area contributed by atoms with Crippen LogP contribution in [0.1, 0.15) is 32.6 Å². The van der Waals surface area contributed by atoms with E-state index in [1.807, 2.05) is 25.1 Å². The quantitative estimate of drug-likeness (QED) is 0.620. The van der Waals surface area contributed by atoms with Gasteiger partial charge in [-0.05, 0) is 31.9 Å². The molecule has 142 valence electrons. The number of hydrogen-bond acceptors (Lipinski definition) is 5. The number of non-ortho nitro benzene ring substituents is 1. The number of amidine groups is 1. The zero-order valence-electron chi connectivity index (χ0n) is 15.2. The first-order valence-electron chi connectivity index (χ1n) is 9.40. The maximum absolute atomic E-state index is 11.3. The van der Waals surface area contributed by atoms with Crippen LogP contribution in [0.2, 0.25) is 0 Å². The summed E-state index contributed by atoms with van der Waals surface area (Å²) < 4.78 is 0. The van der Waals surface area contributed by atoms with Gasteiger partial charge < -0.3 is 10.0 Å². The molecule has 0 spiro atoms. The van der Waals surface area contributed by atoms with E-state index in [9.17, 15) is 15.2 Å². The van der Waals surface area contributed by atoms with E-state index in [0.29, 0.717) is 11.4 Å². The van der Waals surface area contributed by atoms with Crippen LogP contribution in [0, 0.1) is 10.1 Å². The van der Waals surface area contributed by atoms with Crippen LogP contribution in [-0.4, -0.2) is 44.0 Å². The summed E-state index contributed by atoms with van der Waals surface area (Å²) in [5.74, 6) is 0.817. The summed E-state index contributed by atoms with van der Waals surface area (Å²) in [5, 5.41) is 23.9. The first kappa shape index (κ1) is 18.3. The minimum atomic E-state index is -0.417. The number of fused-ring (bicyclic) bond motifs is 1. The van der Waals surface area contributed by atoms with Crippen molar-refractivity contribution in [1.29, 1.82) is 0 Å². The number of thioether (sulfide) groups is 1. The summed E-state index contributed by atoms with van der Waals surface area (Å²) in [5.41, 5.74) is 0.844. The van der Waals surface area contributed by atoms with E-state index in [2.05, 4.69) is 4.90 Å². The lowest BCUT2D eigenvalue weighted by Gasteiger charge is -2.33. The molecule has 2 atom stereocenters. The van der Waals surface area contributed by atoms with E-state index in [1.165, 1.54) is 18.9 Å². The monoisotopic (exact) mass is 385 g/mol. The van der Waals surface area contributed by atoms with Crippen LogP contribution in [0.5, 0.6) is 0 Å². The van der Waals surface area contributed by atoms with Crippen LogP contribution in [-0.2, 0) is 0 Å². The standard InChI is InChI=1S/C20H23N3O3S/c1-13(24)19-12-27-20(22(19)14-6-2-3-7-14)21-17-10-11-18(23(25)26)16-9-5-4-8-15(16)17/h4-5,8-11,13-14,19,24H,2-3,6-7,12H2,1H3/t13?,19-/m0/s1. The third-order valence-corrected chi connectivity index (χ3v) is 6.60. The number of aliphatic hydroxyl groups excluding tert-OH is 1. The van der Waals surface area contributed by atoms with Gasteiger partial charge in [0.05, 0.1) is 28.1 Å². The molecule has 1 aliphatic carbocycles. The molecule has 0 amide bonds. The van der Waals surface area contributed by atoms with Gasteiger partial charge in [-0.1, -0.05) is 42.8 Å². The van der Waals surface area contributed by atoms with E-state index < -0.39 is 6.10 Å². The molecule has 6 nitrogen and oxygen atoms in total. The van der Waals surface area contributed by atoms with E-state index in [-0.39, 0.29) is 16.7 Å². The van der Waals surface area contributed by atoms with Gasteiger partial charge in [-0.3, -0.25) is 10.1 Å². The van der Waals surface area contributed by atoms with Gasteiger partial charge >= 0.3 is 0 Å². The number of nitro groups is 1. The van der Waals surface area contributed by atoms with Gasteiger partial charge in [0.1, 0.15) is 0 Å². The van der Waals surface area contributed by atoms with Gasteiger partial charge in [-0.25, -0.2) is 4.99 Å². The Hall–Kier alpha value is -2.12. The smallest absolute Gasteiger partial charge is 0.277 e. The summed E-state index contributed by atoms with van der Waals surface area (Å²) >= 11 is 1.67. The van der Waals surface area contributed by atoms with Crippen LogP contribution in [0.4, 0.5) is 11.4 Å². The zero-order valence-corrected chi connectivity index (χ0v) is 16.1. The van der Waals surface area contributed by atoms with Crippen molar-refractivity contribution in [2.45, 2.75) is 50.8 Å². The summed E-state index contributed by atoms with van der Waals surface area (Å²) in [7, 11) is 0. The SMILES string of the molecule is CC(O)[C@@H]1CSC(=Nc2ccc([N+](=O)[O-])c3ccccc23)N1C1CCCC1. The average molecular weight is 385 g/mol. The van der Waals surface area contributed by atoms with E-state index in [4.69, 9.17) is 4.99 Å². The highest BCUT2D eigenvalue weighted by molar-refractivity contribution is 8.14. The van der Waals surface area contributed by atoms with Crippen molar-refractivity contribution in [1.82, 2.24) is 4.90 Å². The van der Waals surface area contributed by atoms with Crippen LogP contribution >= 0.6 is 11.8 Å². The second-order valence-corrected chi connectivity index (χ2v) is 8.25. The number of aliphatic imine (C=N–C) groups is 1. The van der Waals surface area contributed by atoms with Crippen molar-refractivity contribution in [2.75, 3.05) is 5.75 Å². The highest BCUT2D eigenvalue weighted by Crippen LogP contribution is 2.38. The number of aliphatic hydroxyl groups is 1. The van der Waals surface area contributed by atoms with Gasteiger partial charge in [-0.15, -0.1) is 0 Å². The fourth-order valence-electron chi connectivity index (χ4n) is 4.15. The molecular weight excluding hydrogens is 362 g/mol. The second-order valence-electron chi connectivity index (χ2n) is 7.27. The molecule has 27 heavy (non-hydrogen) atoms. The molecular formula is C20H23N3O3S. The molecule has 2 aliphatic rings. The molecule has 4 rings (SSSR count). The van der Waals surface area contributed by atoms with E-state index >= 15 is 0 Å². The lowest BCUT2D eigenvalue weighted by atomic mass is 10.1. The van der Waals surface area contributed by atoms with Crippen molar-refractivity contribution in [3.8, 4) is 0 Å². The lowest BCUT2D eigenvalue weighted by Crippen LogP contribution is -2.46. The van der Waals surface area contributed by atoms with E-state index in [1.54, 1.807) is 23.9 Å². The summed E-state index contributed by atoms with van der Waals surface area (Å²) in [6.07, 6.45) is 4.27. The highest BCUT2D eigenvalue weighted by Gasteiger charge is 2.39. The first-order valence-corrected chi connectivity index (χ1v) is 10.4. The number of benzene rings is 2. The summed E-state index contributed by atoms with van der Waals surface area (Å²) in [6, 6.07) is 11.1. The predicted molar refractivity (Wildman–Crippen MR) is 110 cm³/mol. The molecule has 0 radical (unpaired) electrons. The highest BCUT2D eigenvalue weighted by atomic mass is 32.2. The molecule has 2 fully saturated rings. The van der Waals surface area contributed by atoms with Gasteiger partial charge in [0.25, 0.3) is 5.69 Å². The Morgan fingerprint density at radius 2 is 1.93 bits per heavy atom. The van der Waals surface area contributed by atoms with Gasteiger partial charge in [-0.2, -0.15) is 0 Å². The minimum Gasteiger partial charge on any atom is -0.391 e. The molecule has 1 saturated carbocycles. The number of nitrogens with zero attached hydrogens (tertiary/aromatic N) is 3.